The van der Waals surface area contributed by atoms with Gasteiger partial charge in [-0.3, -0.25) is 9.78 Å². The van der Waals surface area contributed by atoms with Gasteiger partial charge in [0.2, 0.25) is 0 Å². The monoisotopic (exact) mass is 491 g/mol. The van der Waals surface area contributed by atoms with E-state index in [9.17, 15) is 18.0 Å². The standard InChI is InChI=1S/C27H24F3N5O/c28-27(29,30)19-6-5-8-21(16-19)34-12-14-35(15-13-34)25-17-23(22-9-1-2-10-24(22)33-25)26(36)32-18-20-7-3-4-11-31-20/h1-11,16-17H,12-15,18H2,(H,32,36). The van der Waals surface area contributed by atoms with Crippen LogP contribution in [0.3, 0.4) is 0 Å². The second kappa shape index (κ2) is 9.85. The van der Waals surface area contributed by atoms with E-state index in [1.807, 2.05) is 47.4 Å². The average Bonchev–Trinajstić information content (AvgIpc) is 2.91. The average molecular weight is 492 g/mol. The lowest BCUT2D eigenvalue weighted by atomic mass is 10.1. The summed E-state index contributed by atoms with van der Waals surface area (Å²) in [6.45, 7) is 2.52. The molecule has 0 spiro atoms. The molecule has 1 N–H and O–H groups in total. The third-order valence-electron chi connectivity index (χ3n) is 6.25. The molecule has 5 rings (SSSR count). The Balaban J connectivity index is 1.34. The van der Waals surface area contributed by atoms with Gasteiger partial charge in [0, 0.05) is 43.4 Å². The number of hydrogen-bond donors (Lipinski definition) is 1. The summed E-state index contributed by atoms with van der Waals surface area (Å²) in [5, 5.41) is 3.69. The van der Waals surface area contributed by atoms with Crippen LogP contribution in [0.15, 0.2) is 79.0 Å². The second-order valence-electron chi connectivity index (χ2n) is 8.57. The Hall–Kier alpha value is -4.14. The number of benzene rings is 2. The van der Waals surface area contributed by atoms with Gasteiger partial charge in [-0.25, -0.2) is 4.98 Å². The molecule has 2 aromatic heterocycles. The molecule has 1 aliphatic rings. The Morgan fingerprint density at radius 2 is 1.64 bits per heavy atom. The van der Waals surface area contributed by atoms with Crippen LogP contribution in [0.4, 0.5) is 24.7 Å². The summed E-state index contributed by atoms with van der Waals surface area (Å²) in [4.78, 5) is 26.1. The number of carbonyl (C=O) groups excluding carboxylic acids is 1. The zero-order valence-corrected chi connectivity index (χ0v) is 19.4. The van der Waals surface area contributed by atoms with Gasteiger partial charge in [-0.05, 0) is 42.5 Å². The molecule has 1 amide bonds. The molecule has 0 radical (unpaired) electrons. The maximum Gasteiger partial charge on any atom is 0.416 e. The van der Waals surface area contributed by atoms with Crippen LogP contribution in [0.1, 0.15) is 21.6 Å². The molecular formula is C27H24F3N5O. The molecule has 1 saturated heterocycles. The van der Waals surface area contributed by atoms with Gasteiger partial charge >= 0.3 is 6.18 Å². The van der Waals surface area contributed by atoms with E-state index in [1.165, 1.54) is 12.1 Å². The highest BCUT2D eigenvalue weighted by Gasteiger charge is 2.31. The van der Waals surface area contributed by atoms with Gasteiger partial charge in [-0.15, -0.1) is 0 Å². The van der Waals surface area contributed by atoms with Crippen molar-refractivity contribution in [1.82, 2.24) is 15.3 Å². The van der Waals surface area contributed by atoms with Gasteiger partial charge in [0.05, 0.1) is 28.9 Å². The SMILES string of the molecule is O=C(NCc1ccccn1)c1cc(N2CCN(c3cccc(C(F)(F)F)c3)CC2)nc2ccccc12. The Morgan fingerprint density at radius 3 is 2.39 bits per heavy atom. The van der Waals surface area contributed by atoms with Crippen LogP contribution in [0.2, 0.25) is 0 Å². The molecular weight excluding hydrogens is 467 g/mol. The van der Waals surface area contributed by atoms with Crippen LogP contribution < -0.4 is 15.1 Å². The van der Waals surface area contributed by atoms with E-state index < -0.39 is 11.7 Å². The fourth-order valence-electron chi connectivity index (χ4n) is 4.35. The van der Waals surface area contributed by atoms with Crippen molar-refractivity contribution in [2.45, 2.75) is 12.7 Å². The Bertz CT molecular complexity index is 1370. The van der Waals surface area contributed by atoms with Crippen molar-refractivity contribution < 1.29 is 18.0 Å². The zero-order valence-electron chi connectivity index (χ0n) is 19.4. The summed E-state index contributed by atoms with van der Waals surface area (Å²) in [6, 6.07) is 20.2. The van der Waals surface area contributed by atoms with Crippen molar-refractivity contribution in [3.05, 3.63) is 95.8 Å². The van der Waals surface area contributed by atoms with E-state index in [0.717, 1.165) is 17.1 Å². The molecule has 1 aliphatic heterocycles. The van der Waals surface area contributed by atoms with Crippen molar-refractivity contribution in [3.8, 4) is 0 Å². The normalized spacial score (nSPS) is 14.2. The topological polar surface area (TPSA) is 61.4 Å². The predicted octanol–water partition coefficient (Wildman–Crippen LogP) is 4.91. The van der Waals surface area contributed by atoms with Crippen molar-refractivity contribution in [3.63, 3.8) is 0 Å². The van der Waals surface area contributed by atoms with Crippen LogP contribution in [-0.4, -0.2) is 42.1 Å². The van der Waals surface area contributed by atoms with Gasteiger partial charge in [-0.1, -0.05) is 30.3 Å². The van der Waals surface area contributed by atoms with Crippen molar-refractivity contribution in [1.29, 1.82) is 0 Å². The minimum absolute atomic E-state index is 0.219. The van der Waals surface area contributed by atoms with Gasteiger partial charge in [0.1, 0.15) is 5.82 Å². The summed E-state index contributed by atoms with van der Waals surface area (Å²) >= 11 is 0. The van der Waals surface area contributed by atoms with Crippen LogP contribution in [-0.2, 0) is 12.7 Å². The van der Waals surface area contributed by atoms with E-state index in [2.05, 4.69) is 15.2 Å². The first-order valence-electron chi connectivity index (χ1n) is 11.6. The Labute approximate surface area is 206 Å². The number of hydrogen-bond acceptors (Lipinski definition) is 5. The molecule has 3 heterocycles. The highest BCUT2D eigenvalue weighted by molar-refractivity contribution is 6.07. The molecule has 2 aromatic carbocycles. The van der Waals surface area contributed by atoms with Gasteiger partial charge < -0.3 is 15.1 Å². The predicted molar refractivity (Wildman–Crippen MR) is 133 cm³/mol. The van der Waals surface area contributed by atoms with E-state index >= 15 is 0 Å². The fourth-order valence-corrected chi connectivity index (χ4v) is 4.35. The van der Waals surface area contributed by atoms with Crippen LogP contribution in [0.5, 0.6) is 0 Å². The summed E-state index contributed by atoms with van der Waals surface area (Å²) in [7, 11) is 0. The largest absolute Gasteiger partial charge is 0.416 e. The van der Waals surface area contributed by atoms with E-state index in [1.54, 1.807) is 18.3 Å². The molecule has 6 nitrogen and oxygen atoms in total. The first-order valence-corrected chi connectivity index (χ1v) is 11.6. The third-order valence-corrected chi connectivity index (χ3v) is 6.25. The maximum absolute atomic E-state index is 13.1. The number of alkyl halides is 3. The van der Waals surface area contributed by atoms with E-state index in [0.29, 0.717) is 55.3 Å². The summed E-state index contributed by atoms with van der Waals surface area (Å²) in [5.74, 6) is 0.448. The fraction of sp³-hybridized carbons (Fsp3) is 0.222. The van der Waals surface area contributed by atoms with Crippen molar-refractivity contribution >= 4 is 28.3 Å². The van der Waals surface area contributed by atoms with Gasteiger partial charge in [0.25, 0.3) is 5.91 Å². The van der Waals surface area contributed by atoms with Crippen LogP contribution in [0.25, 0.3) is 10.9 Å². The van der Waals surface area contributed by atoms with Crippen molar-refractivity contribution in [2.75, 3.05) is 36.0 Å². The molecule has 1 fully saturated rings. The molecule has 0 aliphatic carbocycles. The third kappa shape index (κ3) is 5.10. The number of fused-ring (bicyclic) bond motifs is 1. The first-order chi connectivity index (χ1) is 17.4. The molecule has 0 atom stereocenters. The lowest BCUT2D eigenvalue weighted by Gasteiger charge is -2.37. The molecule has 4 aromatic rings. The quantitative estimate of drug-likeness (QED) is 0.430. The number of anilines is 2. The number of rotatable bonds is 5. The number of carbonyl (C=O) groups is 1. The number of aromatic nitrogens is 2. The van der Waals surface area contributed by atoms with E-state index in [4.69, 9.17) is 4.98 Å². The molecule has 0 bridgehead atoms. The summed E-state index contributed by atoms with van der Waals surface area (Å²) in [6.07, 6.45) is -2.69. The molecule has 184 valence electrons. The number of para-hydroxylation sites is 1. The minimum Gasteiger partial charge on any atom is -0.368 e. The number of piperazine rings is 1. The van der Waals surface area contributed by atoms with E-state index in [-0.39, 0.29) is 5.91 Å². The number of pyridine rings is 2. The van der Waals surface area contributed by atoms with Crippen molar-refractivity contribution in [2.24, 2.45) is 0 Å². The maximum atomic E-state index is 13.1. The lowest BCUT2D eigenvalue weighted by molar-refractivity contribution is -0.137. The number of nitrogens with one attached hydrogen (secondary N) is 1. The van der Waals surface area contributed by atoms with Crippen LogP contribution in [0, 0.1) is 0 Å². The highest BCUT2D eigenvalue weighted by Crippen LogP contribution is 2.32. The van der Waals surface area contributed by atoms with Gasteiger partial charge in [0.15, 0.2) is 0 Å². The van der Waals surface area contributed by atoms with Crippen LogP contribution >= 0.6 is 0 Å². The van der Waals surface area contributed by atoms with Gasteiger partial charge in [-0.2, -0.15) is 13.2 Å². The lowest BCUT2D eigenvalue weighted by Crippen LogP contribution is -2.47. The highest BCUT2D eigenvalue weighted by atomic mass is 19.4. The number of halogens is 3. The first kappa shape index (κ1) is 23.6. The second-order valence-corrected chi connectivity index (χ2v) is 8.57. The number of amides is 1. The molecule has 0 saturated carbocycles. The zero-order chi connectivity index (χ0) is 25.1. The molecule has 9 heteroatoms. The summed E-state index contributed by atoms with van der Waals surface area (Å²) < 4.78 is 39.4. The Kier molecular flexibility index (Phi) is 6.45. The minimum atomic E-state index is -4.37. The molecule has 0 unspecified atom stereocenters. The summed E-state index contributed by atoms with van der Waals surface area (Å²) in [5.41, 5.74) is 1.88. The molecule has 36 heavy (non-hydrogen) atoms. The Morgan fingerprint density at radius 1 is 0.889 bits per heavy atom. The smallest absolute Gasteiger partial charge is 0.368 e. The number of nitrogens with zero attached hydrogens (tertiary/aromatic N) is 4.